The number of aromatic amines is 1. The second-order valence-corrected chi connectivity index (χ2v) is 10.5. The number of hydrogen-bond acceptors (Lipinski definition) is 12. The van der Waals surface area contributed by atoms with Crippen molar-refractivity contribution in [3.63, 3.8) is 0 Å². The van der Waals surface area contributed by atoms with Crippen LogP contribution in [-0.4, -0.2) is 47.3 Å². The van der Waals surface area contributed by atoms with Gasteiger partial charge >= 0.3 is 59.1 Å². The van der Waals surface area contributed by atoms with Crippen molar-refractivity contribution in [2.24, 2.45) is 5.10 Å². The number of amides is 1. The summed E-state index contributed by atoms with van der Waals surface area (Å²) in [6, 6.07) is 10.9. The van der Waals surface area contributed by atoms with Crippen LogP contribution in [-0.2, 0) is 40.4 Å². The molecule has 2 heterocycles. The van der Waals surface area contributed by atoms with Gasteiger partial charge in [-0.3, -0.25) is 24.5 Å². The molecule has 1 aliphatic heterocycles. The van der Waals surface area contributed by atoms with Gasteiger partial charge in [-0.05, 0) is 60.7 Å². The summed E-state index contributed by atoms with van der Waals surface area (Å²) in [5.74, 6) is -1.04. The van der Waals surface area contributed by atoms with E-state index in [9.17, 15) is 32.6 Å². The number of Topliss-reactive ketones (excluding diaryl/α,β-unsaturated/α-hetero) is 1. The normalized spacial score (nSPS) is 14.1. The van der Waals surface area contributed by atoms with Crippen molar-refractivity contribution >= 4 is 51.3 Å². The Morgan fingerprint density at radius 3 is 2.26 bits per heavy atom. The minimum atomic E-state index is -4.66. The molecule has 1 amide bonds. The maximum absolute atomic E-state index is 13.2. The number of allylic oxidation sites excluding steroid dienone is 2. The summed E-state index contributed by atoms with van der Waals surface area (Å²) in [6.45, 7) is 1.27. The van der Waals surface area contributed by atoms with Crippen LogP contribution in [0.5, 0.6) is 0 Å². The van der Waals surface area contributed by atoms with Crippen molar-refractivity contribution in [2.45, 2.75) is 23.3 Å². The number of nitrogens with one attached hydrogen (secondary N) is 1. The Hall–Kier alpha value is -2.16. The number of ether oxygens (including phenoxy) is 1. The first kappa shape index (κ1) is 37.0. The molecule has 3 aromatic rings. The summed E-state index contributed by atoms with van der Waals surface area (Å²) in [5.41, 5.74) is 0.546. The number of carbonyl (C=O) groups is 2. The SMILES string of the molecule is COCc1[nH]n(-c2ccc(S(=O)(=O)[O-])cc2)c(=O)c1/C=C/C=C1\C(=O)N(c2ccc(SOO[O-])cc2)N=C1C(C)=O.[Na+].[Na+]. The summed E-state index contributed by atoms with van der Waals surface area (Å²) in [6.07, 6.45) is 4.19. The zero-order valence-electron chi connectivity index (χ0n) is 23.3. The third-order valence-electron chi connectivity index (χ3n) is 5.65. The molecule has 1 aliphatic rings. The second-order valence-electron chi connectivity index (χ2n) is 8.30. The summed E-state index contributed by atoms with van der Waals surface area (Å²) in [4.78, 5) is 38.7. The Morgan fingerprint density at radius 1 is 1.07 bits per heavy atom. The summed E-state index contributed by atoms with van der Waals surface area (Å²) >= 11 is 0.671. The first-order chi connectivity index (χ1) is 19.5. The van der Waals surface area contributed by atoms with E-state index >= 15 is 0 Å². The van der Waals surface area contributed by atoms with Crippen molar-refractivity contribution in [3.8, 4) is 5.69 Å². The van der Waals surface area contributed by atoms with Crippen molar-refractivity contribution < 1.29 is 101 Å². The minimum absolute atomic E-state index is 0. The van der Waals surface area contributed by atoms with Crippen LogP contribution < -0.4 is 74.9 Å². The van der Waals surface area contributed by atoms with Gasteiger partial charge in [0.2, 0.25) is 0 Å². The van der Waals surface area contributed by atoms with Gasteiger partial charge in [-0.1, -0.05) is 6.08 Å². The average Bonchev–Trinajstić information content (AvgIpc) is 3.44. The quantitative estimate of drug-likeness (QED) is 0.0526. The zero-order chi connectivity index (χ0) is 29.7. The van der Waals surface area contributed by atoms with E-state index < -0.39 is 32.3 Å². The smallest absolute Gasteiger partial charge is 0.744 e. The molecule has 1 N–H and O–H groups in total. The molecule has 214 valence electrons. The van der Waals surface area contributed by atoms with Crippen LogP contribution in [0.25, 0.3) is 11.8 Å². The monoisotopic (exact) mass is 646 g/mol. The molecule has 18 heteroatoms. The average molecular weight is 647 g/mol. The number of hydrazone groups is 1. The van der Waals surface area contributed by atoms with Crippen LogP contribution in [0.2, 0.25) is 0 Å². The number of rotatable bonds is 11. The number of benzene rings is 2. The summed E-state index contributed by atoms with van der Waals surface area (Å²) < 4.78 is 44.2. The molecule has 4 rings (SSSR count). The number of H-pyrrole nitrogens is 1. The fraction of sp³-hybridized carbons (Fsp3) is 0.120. The van der Waals surface area contributed by atoms with Crippen LogP contribution >= 0.6 is 12.0 Å². The van der Waals surface area contributed by atoms with Gasteiger partial charge in [0.05, 0.1) is 51.8 Å². The van der Waals surface area contributed by atoms with Crippen LogP contribution in [0, 0.1) is 0 Å². The maximum atomic E-state index is 13.2. The molecular formula is C25H20N4Na2O10S2. The van der Waals surface area contributed by atoms with Crippen molar-refractivity contribution in [2.75, 3.05) is 12.1 Å². The molecule has 0 spiro atoms. The number of nitrogens with zero attached hydrogens (tertiary/aromatic N) is 3. The van der Waals surface area contributed by atoms with Gasteiger partial charge in [-0.2, -0.15) is 14.4 Å². The summed E-state index contributed by atoms with van der Waals surface area (Å²) in [5, 5.41) is 21.4. The van der Waals surface area contributed by atoms with Gasteiger partial charge in [0.25, 0.3) is 11.5 Å². The van der Waals surface area contributed by atoms with E-state index in [-0.39, 0.29) is 88.3 Å². The maximum Gasteiger partial charge on any atom is 1.00 e. The van der Waals surface area contributed by atoms with Gasteiger partial charge in [-0.25, -0.2) is 13.1 Å². The van der Waals surface area contributed by atoms with Gasteiger partial charge in [0.1, 0.15) is 15.8 Å². The number of hydrogen-bond donors (Lipinski definition) is 1. The van der Waals surface area contributed by atoms with Crippen molar-refractivity contribution in [3.05, 3.63) is 87.9 Å². The summed E-state index contributed by atoms with van der Waals surface area (Å²) in [7, 11) is -3.23. The molecule has 0 bridgehead atoms. The Kier molecular flexibility index (Phi) is 14.0. The first-order valence-electron chi connectivity index (χ1n) is 11.5. The van der Waals surface area contributed by atoms with Crippen molar-refractivity contribution in [1.82, 2.24) is 9.78 Å². The third kappa shape index (κ3) is 8.73. The predicted molar refractivity (Wildman–Crippen MR) is 142 cm³/mol. The van der Waals surface area contributed by atoms with Crippen LogP contribution in [0.4, 0.5) is 5.69 Å². The zero-order valence-corrected chi connectivity index (χ0v) is 28.9. The predicted octanol–water partition coefficient (Wildman–Crippen LogP) is -4.61. The van der Waals surface area contributed by atoms with Gasteiger partial charge in [-0.15, -0.1) is 0 Å². The minimum Gasteiger partial charge on any atom is -0.744 e. The van der Waals surface area contributed by atoms with E-state index in [1.165, 1.54) is 56.5 Å². The number of anilines is 1. The van der Waals surface area contributed by atoms with E-state index in [2.05, 4.69) is 19.6 Å². The first-order valence-corrected chi connectivity index (χ1v) is 13.6. The Morgan fingerprint density at radius 2 is 1.70 bits per heavy atom. The number of carbonyl (C=O) groups excluding carboxylic acids is 2. The van der Waals surface area contributed by atoms with E-state index in [1.807, 2.05) is 0 Å². The van der Waals surface area contributed by atoms with E-state index in [1.54, 1.807) is 12.1 Å². The largest absolute Gasteiger partial charge is 1.00 e. The fourth-order valence-electron chi connectivity index (χ4n) is 3.80. The van der Waals surface area contributed by atoms with Gasteiger partial charge < -0.3 is 14.5 Å². The van der Waals surface area contributed by atoms with E-state index in [4.69, 9.17) is 4.74 Å². The molecule has 0 unspecified atom stereocenters. The molecular weight excluding hydrogens is 626 g/mol. The Bertz CT molecular complexity index is 1730. The van der Waals surface area contributed by atoms with Gasteiger partial charge in [0, 0.05) is 18.9 Å². The molecule has 0 radical (unpaired) electrons. The van der Waals surface area contributed by atoms with Crippen LogP contribution in [0.15, 0.2) is 85.9 Å². The van der Waals surface area contributed by atoms with E-state index in [0.29, 0.717) is 28.3 Å². The van der Waals surface area contributed by atoms with E-state index in [0.717, 1.165) is 21.8 Å². The molecule has 43 heavy (non-hydrogen) atoms. The topological polar surface area (TPSA) is 195 Å². The molecule has 2 aromatic carbocycles. The van der Waals surface area contributed by atoms with Crippen LogP contribution in [0.1, 0.15) is 18.2 Å². The molecule has 0 aliphatic carbocycles. The van der Waals surface area contributed by atoms with Crippen molar-refractivity contribution in [1.29, 1.82) is 0 Å². The molecule has 0 fully saturated rings. The molecule has 1 aromatic heterocycles. The fourth-order valence-corrected chi connectivity index (χ4v) is 4.62. The second kappa shape index (κ2) is 16.2. The van der Waals surface area contributed by atoms with Gasteiger partial charge in [0.15, 0.2) is 5.78 Å². The molecule has 0 saturated heterocycles. The number of methoxy groups -OCH3 is 1. The number of aromatic nitrogens is 2. The third-order valence-corrected chi connectivity index (χ3v) is 7.09. The molecule has 0 saturated carbocycles. The molecule has 14 nitrogen and oxygen atoms in total. The Balaban J connectivity index is 0.00000323. The molecule has 0 atom stereocenters. The Labute approximate surface area is 293 Å². The number of ketones is 1. The van der Waals surface area contributed by atoms with Crippen LogP contribution in [0.3, 0.4) is 0 Å². The standard InChI is InChI=1S/C25H22N4O10S2.2Na/c1-15(30)23-21(25(32)29(27-23)16-6-10-18(11-7-16)40-39-38-33)5-3-4-20-22(14-37-2)26-28(24(20)31)17-8-12-19(13-9-17)41(34,35)36;;/h3-13,26,33H,14H2,1-2H3,(H,34,35,36);;/q;2*+1/p-2/b4-3+,21-5-;;.